The van der Waals surface area contributed by atoms with Crippen molar-refractivity contribution in [1.29, 1.82) is 0 Å². The Balaban J connectivity index is 1.65. The highest BCUT2D eigenvalue weighted by atomic mass is 16.5. The van der Waals surface area contributed by atoms with Crippen molar-refractivity contribution in [3.8, 4) is 5.75 Å². The standard InChI is InChI=1S/C15H20N2O2/c18-15(17-9-3-4-10-17)11-19-14-7-8-16-13-6-2-1-5-12(13)14/h7-8H,1-6,9-11H2. The van der Waals surface area contributed by atoms with Gasteiger partial charge in [0.2, 0.25) is 0 Å². The molecule has 1 fully saturated rings. The molecule has 0 aromatic carbocycles. The van der Waals surface area contributed by atoms with E-state index in [2.05, 4.69) is 4.98 Å². The van der Waals surface area contributed by atoms with E-state index in [1.807, 2.05) is 11.0 Å². The third-order valence-electron chi connectivity index (χ3n) is 4.00. The number of hydrogen-bond donors (Lipinski definition) is 0. The highest BCUT2D eigenvalue weighted by Crippen LogP contribution is 2.27. The number of aryl methyl sites for hydroxylation is 1. The van der Waals surface area contributed by atoms with Crippen molar-refractivity contribution in [2.24, 2.45) is 0 Å². The minimum atomic E-state index is 0.110. The van der Waals surface area contributed by atoms with Crippen LogP contribution in [0.4, 0.5) is 0 Å². The Morgan fingerprint density at radius 3 is 2.84 bits per heavy atom. The summed E-state index contributed by atoms with van der Waals surface area (Å²) in [5.74, 6) is 0.969. The number of amides is 1. The highest BCUT2D eigenvalue weighted by molar-refractivity contribution is 5.78. The van der Waals surface area contributed by atoms with Gasteiger partial charge in [-0.05, 0) is 44.6 Å². The van der Waals surface area contributed by atoms with E-state index in [0.29, 0.717) is 0 Å². The molecule has 102 valence electrons. The molecule has 1 aliphatic carbocycles. The lowest BCUT2D eigenvalue weighted by molar-refractivity contribution is -0.132. The summed E-state index contributed by atoms with van der Waals surface area (Å²) in [6.07, 6.45) is 8.49. The number of pyridine rings is 1. The van der Waals surface area contributed by atoms with Gasteiger partial charge in [-0.1, -0.05) is 0 Å². The van der Waals surface area contributed by atoms with Crippen LogP contribution < -0.4 is 4.74 Å². The minimum absolute atomic E-state index is 0.110. The van der Waals surface area contributed by atoms with Crippen molar-refractivity contribution >= 4 is 5.91 Å². The van der Waals surface area contributed by atoms with Crippen molar-refractivity contribution in [2.45, 2.75) is 38.5 Å². The molecule has 0 N–H and O–H groups in total. The van der Waals surface area contributed by atoms with Crippen LogP contribution in [0.25, 0.3) is 0 Å². The molecule has 1 saturated heterocycles. The van der Waals surface area contributed by atoms with Gasteiger partial charge in [-0.3, -0.25) is 9.78 Å². The second-order valence-corrected chi connectivity index (χ2v) is 5.32. The molecule has 0 radical (unpaired) electrons. The Morgan fingerprint density at radius 1 is 1.21 bits per heavy atom. The fraction of sp³-hybridized carbons (Fsp3) is 0.600. The van der Waals surface area contributed by atoms with Crippen LogP contribution in [0.1, 0.15) is 36.9 Å². The van der Waals surface area contributed by atoms with Gasteiger partial charge in [0, 0.05) is 30.5 Å². The number of carbonyl (C=O) groups is 1. The number of nitrogens with zero attached hydrogens (tertiary/aromatic N) is 2. The third kappa shape index (κ3) is 2.72. The Morgan fingerprint density at radius 2 is 2.00 bits per heavy atom. The number of carbonyl (C=O) groups excluding carboxylic acids is 1. The number of ether oxygens (including phenoxy) is 1. The molecule has 1 amide bonds. The molecule has 2 heterocycles. The lowest BCUT2D eigenvalue weighted by atomic mass is 9.95. The van der Waals surface area contributed by atoms with Crippen LogP contribution in [-0.4, -0.2) is 35.5 Å². The van der Waals surface area contributed by atoms with Crippen LogP contribution in [0, 0.1) is 0 Å². The zero-order chi connectivity index (χ0) is 13.1. The molecule has 4 nitrogen and oxygen atoms in total. The van der Waals surface area contributed by atoms with Crippen LogP contribution in [0.2, 0.25) is 0 Å². The second kappa shape index (κ2) is 5.59. The maximum Gasteiger partial charge on any atom is 0.260 e. The molecular weight excluding hydrogens is 240 g/mol. The molecule has 0 spiro atoms. The molecule has 0 saturated carbocycles. The van der Waals surface area contributed by atoms with Gasteiger partial charge in [0.15, 0.2) is 6.61 Å². The molecule has 0 atom stereocenters. The van der Waals surface area contributed by atoms with Gasteiger partial charge in [0.1, 0.15) is 5.75 Å². The van der Waals surface area contributed by atoms with Crippen LogP contribution in [0.5, 0.6) is 5.75 Å². The van der Waals surface area contributed by atoms with Gasteiger partial charge < -0.3 is 9.64 Å². The van der Waals surface area contributed by atoms with Gasteiger partial charge >= 0.3 is 0 Å². The third-order valence-corrected chi connectivity index (χ3v) is 4.00. The van der Waals surface area contributed by atoms with Gasteiger partial charge in [-0.25, -0.2) is 0 Å². The van der Waals surface area contributed by atoms with Crippen LogP contribution >= 0.6 is 0 Å². The van der Waals surface area contributed by atoms with Crippen molar-refractivity contribution in [3.63, 3.8) is 0 Å². The van der Waals surface area contributed by atoms with Crippen molar-refractivity contribution in [2.75, 3.05) is 19.7 Å². The lowest BCUT2D eigenvalue weighted by Crippen LogP contribution is -2.32. The molecule has 0 bridgehead atoms. The van der Waals surface area contributed by atoms with Crippen LogP contribution in [0.3, 0.4) is 0 Å². The van der Waals surface area contributed by atoms with Gasteiger partial charge in [-0.15, -0.1) is 0 Å². The Hall–Kier alpha value is -1.58. The number of aromatic nitrogens is 1. The van der Waals surface area contributed by atoms with E-state index in [4.69, 9.17) is 4.74 Å². The van der Waals surface area contributed by atoms with E-state index in [-0.39, 0.29) is 12.5 Å². The minimum Gasteiger partial charge on any atom is -0.483 e. The predicted molar refractivity (Wildman–Crippen MR) is 72.2 cm³/mol. The topological polar surface area (TPSA) is 42.4 Å². The Labute approximate surface area is 113 Å². The zero-order valence-corrected chi connectivity index (χ0v) is 11.2. The van der Waals surface area contributed by atoms with Gasteiger partial charge in [0.05, 0.1) is 0 Å². The molecule has 19 heavy (non-hydrogen) atoms. The Kier molecular flexibility index (Phi) is 3.67. The molecule has 3 rings (SSSR count). The van der Waals surface area contributed by atoms with Crippen molar-refractivity contribution in [3.05, 3.63) is 23.5 Å². The molecule has 0 unspecified atom stereocenters. The van der Waals surface area contributed by atoms with E-state index in [1.54, 1.807) is 6.20 Å². The van der Waals surface area contributed by atoms with E-state index < -0.39 is 0 Å². The maximum absolute atomic E-state index is 12.0. The fourth-order valence-corrected chi connectivity index (χ4v) is 2.93. The maximum atomic E-state index is 12.0. The van der Waals surface area contributed by atoms with Crippen molar-refractivity contribution in [1.82, 2.24) is 9.88 Å². The molecule has 1 aromatic rings. The first-order valence-corrected chi connectivity index (χ1v) is 7.22. The monoisotopic (exact) mass is 260 g/mol. The number of fused-ring (bicyclic) bond motifs is 1. The lowest BCUT2D eigenvalue weighted by Gasteiger charge is -2.20. The second-order valence-electron chi connectivity index (χ2n) is 5.32. The summed E-state index contributed by atoms with van der Waals surface area (Å²) in [5.41, 5.74) is 2.36. The zero-order valence-electron chi connectivity index (χ0n) is 11.2. The van der Waals surface area contributed by atoms with Crippen LogP contribution in [-0.2, 0) is 17.6 Å². The SMILES string of the molecule is O=C(COc1ccnc2c1CCCC2)N1CCCC1. The summed E-state index contributed by atoms with van der Waals surface area (Å²) in [7, 11) is 0. The molecular formula is C15H20N2O2. The summed E-state index contributed by atoms with van der Waals surface area (Å²) >= 11 is 0. The summed E-state index contributed by atoms with van der Waals surface area (Å²) in [6, 6.07) is 1.89. The first-order chi connectivity index (χ1) is 9.34. The smallest absolute Gasteiger partial charge is 0.260 e. The summed E-state index contributed by atoms with van der Waals surface area (Å²) in [6.45, 7) is 1.93. The normalized spacial score (nSPS) is 18.2. The molecule has 2 aliphatic rings. The number of likely N-dealkylation sites (tertiary alicyclic amines) is 1. The fourth-order valence-electron chi connectivity index (χ4n) is 2.93. The largest absolute Gasteiger partial charge is 0.483 e. The molecule has 1 aromatic heterocycles. The predicted octanol–water partition coefficient (Wildman–Crippen LogP) is 1.96. The van der Waals surface area contributed by atoms with E-state index in [1.165, 1.54) is 18.4 Å². The summed E-state index contributed by atoms with van der Waals surface area (Å²) in [4.78, 5) is 18.3. The van der Waals surface area contributed by atoms with Gasteiger partial charge in [0.25, 0.3) is 5.91 Å². The highest BCUT2D eigenvalue weighted by Gasteiger charge is 2.20. The van der Waals surface area contributed by atoms with E-state index in [0.717, 1.165) is 50.2 Å². The van der Waals surface area contributed by atoms with Crippen LogP contribution in [0.15, 0.2) is 12.3 Å². The average molecular weight is 260 g/mol. The average Bonchev–Trinajstić information content (AvgIpc) is 2.99. The quantitative estimate of drug-likeness (QED) is 0.834. The van der Waals surface area contributed by atoms with E-state index >= 15 is 0 Å². The molecule has 4 heteroatoms. The first kappa shape index (κ1) is 12.5. The van der Waals surface area contributed by atoms with Crippen molar-refractivity contribution < 1.29 is 9.53 Å². The summed E-state index contributed by atoms with van der Waals surface area (Å²) < 4.78 is 5.75. The first-order valence-electron chi connectivity index (χ1n) is 7.22. The summed E-state index contributed by atoms with van der Waals surface area (Å²) in [5, 5.41) is 0. The van der Waals surface area contributed by atoms with E-state index in [9.17, 15) is 4.79 Å². The number of rotatable bonds is 3. The Bertz CT molecular complexity index is 467. The van der Waals surface area contributed by atoms with Gasteiger partial charge in [-0.2, -0.15) is 0 Å². The molecule has 1 aliphatic heterocycles. The number of hydrogen-bond acceptors (Lipinski definition) is 3.